The third kappa shape index (κ3) is 6.18. The quantitative estimate of drug-likeness (QED) is 0.461. The van der Waals surface area contributed by atoms with E-state index < -0.39 is 11.6 Å². The summed E-state index contributed by atoms with van der Waals surface area (Å²) in [5, 5.41) is 14.2. The van der Waals surface area contributed by atoms with Crippen molar-refractivity contribution in [3.63, 3.8) is 0 Å². The zero-order chi connectivity index (χ0) is 18.7. The lowest BCUT2D eigenvalue weighted by atomic mass is 10.1. The first-order chi connectivity index (χ1) is 12.4. The summed E-state index contributed by atoms with van der Waals surface area (Å²) in [5.74, 6) is -2.16. The fraction of sp³-hybridized carbons (Fsp3) is 0.167. The highest BCUT2D eigenvalue weighted by atomic mass is 35.5. The van der Waals surface area contributed by atoms with Gasteiger partial charge in [-0.1, -0.05) is 41.1 Å². The monoisotopic (exact) mass is 467 g/mol. The first kappa shape index (κ1) is 24.4. The van der Waals surface area contributed by atoms with Gasteiger partial charge in [0.1, 0.15) is 0 Å². The van der Waals surface area contributed by atoms with Crippen LogP contribution in [-0.2, 0) is 6.42 Å². The minimum Gasteiger partial charge on any atom is -0.492 e. The van der Waals surface area contributed by atoms with Crippen LogP contribution in [-0.4, -0.2) is 22.7 Å². The van der Waals surface area contributed by atoms with Crippen LogP contribution in [0.5, 0.6) is 5.88 Å². The first-order valence-electron chi connectivity index (χ1n) is 7.81. The van der Waals surface area contributed by atoms with Crippen molar-refractivity contribution in [2.45, 2.75) is 12.5 Å². The van der Waals surface area contributed by atoms with Crippen LogP contribution < -0.4 is 11.1 Å². The molecule has 10 heteroatoms. The smallest absolute Gasteiger partial charge is 0.232 e. The molecule has 0 saturated carbocycles. The van der Waals surface area contributed by atoms with Gasteiger partial charge in [0.05, 0.1) is 4.88 Å². The van der Waals surface area contributed by atoms with E-state index in [9.17, 15) is 13.9 Å². The number of hydrogen-bond acceptors (Lipinski definition) is 5. The Bertz CT molecular complexity index is 910. The second-order valence-corrected chi connectivity index (χ2v) is 7.21. The van der Waals surface area contributed by atoms with Gasteiger partial charge in [0.25, 0.3) is 0 Å². The topological polar surface area (TPSA) is 71.2 Å². The van der Waals surface area contributed by atoms with Crippen LogP contribution >= 0.6 is 47.8 Å². The molecule has 0 fully saturated rings. The van der Waals surface area contributed by atoms with Gasteiger partial charge >= 0.3 is 0 Å². The van der Waals surface area contributed by atoms with Crippen LogP contribution in [0.1, 0.15) is 5.56 Å². The van der Waals surface area contributed by atoms with E-state index >= 15 is 0 Å². The number of thiazole rings is 1. The van der Waals surface area contributed by atoms with E-state index in [0.29, 0.717) is 33.6 Å². The highest BCUT2D eigenvalue weighted by Gasteiger charge is 2.15. The van der Waals surface area contributed by atoms with Crippen molar-refractivity contribution >= 4 is 52.9 Å². The Morgan fingerprint density at radius 3 is 2.43 bits per heavy atom. The highest BCUT2D eigenvalue weighted by molar-refractivity contribution is 7.19. The van der Waals surface area contributed by atoms with Crippen LogP contribution in [0.25, 0.3) is 10.4 Å². The minimum absolute atomic E-state index is 0. The Morgan fingerprint density at radius 2 is 1.79 bits per heavy atom. The molecule has 152 valence electrons. The maximum absolute atomic E-state index is 13.4. The number of halogens is 5. The largest absolute Gasteiger partial charge is 0.492 e. The number of nitrogens with two attached hydrogens (primary N) is 1. The highest BCUT2D eigenvalue weighted by Crippen LogP contribution is 2.37. The number of hydrogen-bond donors (Lipinski definition) is 3. The average molecular weight is 469 g/mol. The van der Waals surface area contributed by atoms with E-state index in [2.05, 4.69) is 10.3 Å². The maximum atomic E-state index is 13.4. The van der Waals surface area contributed by atoms with Gasteiger partial charge in [-0.25, -0.2) is 8.78 Å². The molecule has 4 N–H and O–H groups in total. The lowest BCUT2D eigenvalue weighted by Crippen LogP contribution is -2.31. The molecule has 0 radical (unpaired) electrons. The maximum Gasteiger partial charge on any atom is 0.232 e. The van der Waals surface area contributed by atoms with E-state index in [4.69, 9.17) is 17.3 Å². The second kappa shape index (κ2) is 10.8. The molecule has 28 heavy (non-hydrogen) atoms. The summed E-state index contributed by atoms with van der Waals surface area (Å²) < 4.78 is 26.4. The molecule has 0 aliphatic carbocycles. The van der Waals surface area contributed by atoms with Crippen molar-refractivity contribution in [3.05, 3.63) is 64.7 Å². The molecular formula is C18H18Cl3F2N3OS. The predicted molar refractivity (Wildman–Crippen MR) is 115 cm³/mol. The van der Waals surface area contributed by atoms with Gasteiger partial charge in [-0.05, 0) is 36.2 Å². The van der Waals surface area contributed by atoms with Gasteiger partial charge < -0.3 is 16.2 Å². The van der Waals surface area contributed by atoms with Gasteiger partial charge in [-0.15, -0.1) is 24.8 Å². The molecule has 0 saturated heterocycles. The Kier molecular flexibility index (Phi) is 9.39. The molecule has 2 aromatic carbocycles. The number of nitrogens with zero attached hydrogens (tertiary/aromatic N) is 1. The van der Waals surface area contributed by atoms with Gasteiger partial charge in [-0.3, -0.25) is 0 Å². The van der Waals surface area contributed by atoms with Gasteiger partial charge in [0.2, 0.25) is 5.88 Å². The number of benzene rings is 2. The van der Waals surface area contributed by atoms with E-state index in [1.54, 1.807) is 0 Å². The van der Waals surface area contributed by atoms with Crippen molar-refractivity contribution in [1.82, 2.24) is 4.98 Å². The standard InChI is InChI=1S/C18H16ClF2N3OS.2ClH/c19-12-4-1-10(2-5-12)7-13(22)9-23-18-24-17(25)16(26-18)11-3-6-14(20)15(21)8-11;;/h1-6,8,13,25H,7,9,22H2,(H,23,24);2*1H. The van der Waals surface area contributed by atoms with Crippen molar-refractivity contribution in [2.75, 3.05) is 11.9 Å². The zero-order valence-corrected chi connectivity index (χ0v) is 17.6. The molecule has 3 aromatic rings. The summed E-state index contributed by atoms with van der Waals surface area (Å²) in [6.45, 7) is 0.437. The number of nitrogens with one attached hydrogen (secondary N) is 1. The van der Waals surface area contributed by atoms with E-state index in [1.807, 2.05) is 24.3 Å². The fourth-order valence-electron chi connectivity index (χ4n) is 2.43. The lowest BCUT2D eigenvalue weighted by Gasteiger charge is -2.12. The third-order valence-electron chi connectivity index (χ3n) is 3.72. The van der Waals surface area contributed by atoms with Crippen molar-refractivity contribution in [1.29, 1.82) is 0 Å². The molecule has 1 unspecified atom stereocenters. The van der Waals surface area contributed by atoms with E-state index in [-0.39, 0.29) is 36.7 Å². The van der Waals surface area contributed by atoms with E-state index in [1.165, 1.54) is 6.07 Å². The second-order valence-electron chi connectivity index (χ2n) is 5.77. The number of aromatic hydroxyl groups is 1. The number of anilines is 1. The molecule has 0 aliphatic rings. The first-order valence-corrected chi connectivity index (χ1v) is 9.01. The number of rotatable bonds is 6. The molecule has 0 bridgehead atoms. The third-order valence-corrected chi connectivity index (χ3v) is 5.02. The van der Waals surface area contributed by atoms with Gasteiger partial charge in [-0.2, -0.15) is 4.98 Å². The molecule has 0 spiro atoms. The molecule has 1 heterocycles. The predicted octanol–water partition coefficient (Wildman–Crippen LogP) is 5.27. The van der Waals surface area contributed by atoms with Crippen molar-refractivity contribution in [2.24, 2.45) is 5.73 Å². The van der Waals surface area contributed by atoms with Crippen LogP contribution in [0.4, 0.5) is 13.9 Å². The van der Waals surface area contributed by atoms with Crippen LogP contribution in [0.15, 0.2) is 42.5 Å². The van der Waals surface area contributed by atoms with Gasteiger partial charge in [0, 0.05) is 23.2 Å². The summed E-state index contributed by atoms with van der Waals surface area (Å²) >= 11 is 7.00. The zero-order valence-electron chi connectivity index (χ0n) is 14.4. The lowest BCUT2D eigenvalue weighted by molar-refractivity contribution is 0.459. The molecule has 0 aliphatic heterocycles. The van der Waals surface area contributed by atoms with E-state index in [0.717, 1.165) is 29.0 Å². The summed E-state index contributed by atoms with van der Waals surface area (Å²) in [7, 11) is 0. The minimum atomic E-state index is -0.977. The molecule has 3 rings (SSSR count). The van der Waals surface area contributed by atoms with Crippen molar-refractivity contribution in [3.8, 4) is 16.3 Å². The summed E-state index contributed by atoms with van der Waals surface area (Å²) in [4.78, 5) is 4.36. The summed E-state index contributed by atoms with van der Waals surface area (Å²) in [6, 6.07) is 10.7. The summed E-state index contributed by atoms with van der Waals surface area (Å²) in [6.07, 6.45) is 0.650. The molecule has 1 aromatic heterocycles. The van der Waals surface area contributed by atoms with Crippen molar-refractivity contribution < 1.29 is 13.9 Å². The van der Waals surface area contributed by atoms with Gasteiger partial charge in [0.15, 0.2) is 16.8 Å². The molecule has 1 atom stereocenters. The van der Waals surface area contributed by atoms with Crippen LogP contribution in [0.3, 0.4) is 0 Å². The Labute approximate surface area is 182 Å². The number of aromatic nitrogens is 1. The van der Waals surface area contributed by atoms with Crippen LogP contribution in [0.2, 0.25) is 5.02 Å². The Balaban J connectivity index is 0.00000196. The average Bonchev–Trinajstić information content (AvgIpc) is 2.98. The molecular weight excluding hydrogens is 451 g/mol. The van der Waals surface area contributed by atoms with Crippen LogP contribution in [0, 0.1) is 11.6 Å². The Hall–Kier alpha value is -1.64. The molecule has 4 nitrogen and oxygen atoms in total. The fourth-order valence-corrected chi connectivity index (χ4v) is 3.42. The SMILES string of the molecule is Cl.Cl.NC(CNc1nc(O)c(-c2ccc(F)c(F)c2)s1)Cc1ccc(Cl)cc1. The summed E-state index contributed by atoms with van der Waals surface area (Å²) in [5.41, 5.74) is 7.53. The molecule has 0 amide bonds. The normalized spacial score (nSPS) is 11.3. The Morgan fingerprint density at radius 1 is 1.11 bits per heavy atom.